The molecule has 8 nitrogen and oxygen atoms in total. The number of para-hydroxylation sites is 1. The van der Waals surface area contributed by atoms with Crippen molar-refractivity contribution in [2.24, 2.45) is 12.2 Å². The van der Waals surface area contributed by atoms with Crippen molar-refractivity contribution >= 4 is 5.71 Å². The van der Waals surface area contributed by atoms with Crippen LogP contribution in [0.4, 0.5) is 0 Å². The highest BCUT2D eigenvalue weighted by molar-refractivity contribution is 6.00. The molecule has 0 amide bonds. The van der Waals surface area contributed by atoms with Gasteiger partial charge in [-0.15, -0.1) is 0 Å². The minimum absolute atomic E-state index is 0.298. The van der Waals surface area contributed by atoms with Crippen LogP contribution in [-0.2, 0) is 18.5 Å². The normalized spacial score (nSPS) is 11.5. The maximum atomic E-state index is 12.2. The van der Waals surface area contributed by atoms with Crippen molar-refractivity contribution in [2.75, 3.05) is 7.11 Å². The van der Waals surface area contributed by atoms with Crippen LogP contribution in [0.25, 0.3) is 5.69 Å². The summed E-state index contributed by atoms with van der Waals surface area (Å²) in [5.74, 6) is 0.762. The molecule has 0 unspecified atom stereocenters. The topological polar surface area (TPSA) is 83.5 Å². The molecule has 28 heavy (non-hydrogen) atoms. The van der Waals surface area contributed by atoms with E-state index in [4.69, 9.17) is 9.57 Å². The second-order valence-electron chi connectivity index (χ2n) is 6.27. The molecule has 0 saturated heterocycles. The van der Waals surface area contributed by atoms with Gasteiger partial charge in [-0.25, -0.2) is 4.79 Å². The number of benzene rings is 2. The second kappa shape index (κ2) is 8.51. The molecule has 1 aromatic heterocycles. The highest BCUT2D eigenvalue weighted by Gasteiger charge is 2.12. The largest absolute Gasteiger partial charge is 0.489 e. The van der Waals surface area contributed by atoms with E-state index in [1.54, 1.807) is 14.2 Å². The van der Waals surface area contributed by atoms with E-state index in [9.17, 15) is 4.79 Å². The summed E-state index contributed by atoms with van der Waals surface area (Å²) in [6.07, 6.45) is 0.772. The van der Waals surface area contributed by atoms with E-state index in [0.717, 1.165) is 34.6 Å². The Morgan fingerprint density at radius 3 is 2.61 bits per heavy atom. The number of oxime groups is 1. The van der Waals surface area contributed by atoms with Crippen molar-refractivity contribution in [1.29, 1.82) is 0 Å². The Morgan fingerprint density at radius 2 is 1.96 bits per heavy atom. The Hall–Kier alpha value is -3.42. The SMILES string of the molecule is CC/C(=N/OC)c1ccc(OCc2ccccc2-n2nnn(C)c2=O)c(C)c1. The van der Waals surface area contributed by atoms with Crippen LogP contribution in [0, 0.1) is 6.92 Å². The predicted molar refractivity (Wildman–Crippen MR) is 106 cm³/mol. The maximum absolute atomic E-state index is 12.2. The first-order valence-corrected chi connectivity index (χ1v) is 8.96. The number of rotatable bonds is 7. The quantitative estimate of drug-likeness (QED) is 0.464. The lowest BCUT2D eigenvalue weighted by molar-refractivity contribution is 0.213. The third-order valence-electron chi connectivity index (χ3n) is 4.37. The molecule has 0 aliphatic rings. The molecule has 2 aromatic carbocycles. The van der Waals surface area contributed by atoms with E-state index in [1.165, 1.54) is 9.36 Å². The van der Waals surface area contributed by atoms with Gasteiger partial charge in [0.2, 0.25) is 0 Å². The summed E-state index contributed by atoms with van der Waals surface area (Å²) in [6, 6.07) is 13.4. The van der Waals surface area contributed by atoms with Crippen molar-refractivity contribution < 1.29 is 9.57 Å². The lowest BCUT2D eigenvalue weighted by Gasteiger charge is -2.13. The molecule has 0 saturated carbocycles. The van der Waals surface area contributed by atoms with Crippen LogP contribution >= 0.6 is 0 Å². The van der Waals surface area contributed by atoms with Crippen LogP contribution in [0.3, 0.4) is 0 Å². The van der Waals surface area contributed by atoms with E-state index < -0.39 is 0 Å². The third-order valence-corrected chi connectivity index (χ3v) is 4.37. The Morgan fingerprint density at radius 1 is 1.18 bits per heavy atom. The van der Waals surface area contributed by atoms with Gasteiger partial charge in [0.05, 0.1) is 11.4 Å². The van der Waals surface area contributed by atoms with Gasteiger partial charge in [0.15, 0.2) is 0 Å². The fraction of sp³-hybridized carbons (Fsp3) is 0.300. The van der Waals surface area contributed by atoms with Gasteiger partial charge in [0, 0.05) is 12.6 Å². The highest BCUT2D eigenvalue weighted by atomic mass is 16.6. The lowest BCUT2D eigenvalue weighted by Crippen LogP contribution is -2.23. The first-order chi connectivity index (χ1) is 13.5. The standard InChI is InChI=1S/C20H23N5O3/c1-5-17(21-27-4)15-10-11-19(14(2)12-15)28-13-16-8-6-7-9-18(16)25-20(26)24(3)22-23-25/h6-12H,5,13H2,1-4H3/b21-17-. The fourth-order valence-corrected chi connectivity index (χ4v) is 2.88. The van der Waals surface area contributed by atoms with E-state index in [0.29, 0.717) is 12.3 Å². The Balaban J connectivity index is 1.83. The van der Waals surface area contributed by atoms with Crippen molar-refractivity contribution in [3.05, 3.63) is 69.6 Å². The van der Waals surface area contributed by atoms with E-state index >= 15 is 0 Å². The third kappa shape index (κ3) is 3.95. The average molecular weight is 381 g/mol. The Kier molecular flexibility index (Phi) is 5.88. The first-order valence-electron chi connectivity index (χ1n) is 8.96. The van der Waals surface area contributed by atoms with Crippen molar-refractivity contribution in [3.8, 4) is 11.4 Å². The summed E-state index contributed by atoms with van der Waals surface area (Å²) < 4.78 is 8.47. The van der Waals surface area contributed by atoms with Crippen LogP contribution in [0.5, 0.6) is 5.75 Å². The van der Waals surface area contributed by atoms with Gasteiger partial charge < -0.3 is 9.57 Å². The Bertz CT molecular complexity index is 1050. The molecule has 0 spiro atoms. The molecule has 0 aliphatic carbocycles. The summed E-state index contributed by atoms with van der Waals surface area (Å²) in [5, 5.41) is 11.7. The van der Waals surface area contributed by atoms with Gasteiger partial charge in [0.1, 0.15) is 19.5 Å². The first kappa shape index (κ1) is 19.3. The molecule has 0 radical (unpaired) electrons. The minimum atomic E-state index is -0.308. The number of hydrogen-bond acceptors (Lipinski definition) is 6. The average Bonchev–Trinajstić information content (AvgIpc) is 3.04. The zero-order valence-electron chi connectivity index (χ0n) is 16.4. The molecular formula is C20H23N5O3. The monoisotopic (exact) mass is 381 g/mol. The smallest absolute Gasteiger partial charge is 0.368 e. The summed E-state index contributed by atoms with van der Waals surface area (Å²) in [7, 11) is 3.10. The van der Waals surface area contributed by atoms with Crippen molar-refractivity contribution in [2.45, 2.75) is 26.9 Å². The number of aromatic nitrogens is 4. The van der Waals surface area contributed by atoms with Crippen molar-refractivity contribution in [1.82, 2.24) is 19.8 Å². The van der Waals surface area contributed by atoms with Gasteiger partial charge >= 0.3 is 5.69 Å². The van der Waals surface area contributed by atoms with Gasteiger partial charge in [-0.05, 0) is 59.2 Å². The Labute approximate surface area is 163 Å². The maximum Gasteiger partial charge on any atom is 0.368 e. The fourth-order valence-electron chi connectivity index (χ4n) is 2.88. The van der Waals surface area contributed by atoms with Gasteiger partial charge in [0.25, 0.3) is 0 Å². The molecule has 1 heterocycles. The molecule has 0 fully saturated rings. The van der Waals surface area contributed by atoms with Gasteiger partial charge in [-0.1, -0.05) is 30.3 Å². The van der Waals surface area contributed by atoms with Crippen LogP contribution in [0.1, 0.15) is 30.0 Å². The van der Waals surface area contributed by atoms with E-state index in [2.05, 4.69) is 15.6 Å². The summed E-state index contributed by atoms with van der Waals surface area (Å²) in [5.41, 5.74) is 4.05. The molecule has 0 bridgehead atoms. The molecular weight excluding hydrogens is 358 g/mol. The molecule has 3 aromatic rings. The lowest BCUT2D eigenvalue weighted by atomic mass is 10.0. The number of nitrogens with zero attached hydrogens (tertiary/aromatic N) is 5. The van der Waals surface area contributed by atoms with E-state index in [-0.39, 0.29) is 5.69 Å². The zero-order valence-corrected chi connectivity index (χ0v) is 16.4. The molecule has 3 rings (SSSR count). The number of ether oxygens (including phenoxy) is 1. The number of aryl methyl sites for hydroxylation is 2. The molecule has 0 N–H and O–H groups in total. The molecule has 8 heteroatoms. The van der Waals surface area contributed by atoms with E-state index in [1.807, 2.05) is 56.3 Å². The highest BCUT2D eigenvalue weighted by Crippen LogP contribution is 2.22. The minimum Gasteiger partial charge on any atom is -0.489 e. The summed E-state index contributed by atoms with van der Waals surface area (Å²) >= 11 is 0. The molecule has 0 aliphatic heterocycles. The predicted octanol–water partition coefficient (Wildman–Crippen LogP) is 2.61. The van der Waals surface area contributed by atoms with Crippen LogP contribution in [0.2, 0.25) is 0 Å². The van der Waals surface area contributed by atoms with Gasteiger partial charge in [-0.2, -0.15) is 9.36 Å². The van der Waals surface area contributed by atoms with Gasteiger partial charge in [-0.3, -0.25) is 0 Å². The number of tetrazole rings is 1. The summed E-state index contributed by atoms with van der Waals surface area (Å²) in [4.78, 5) is 17.1. The van der Waals surface area contributed by atoms with Crippen LogP contribution in [0.15, 0.2) is 52.4 Å². The summed E-state index contributed by atoms with van der Waals surface area (Å²) in [6.45, 7) is 4.31. The molecule has 0 atom stereocenters. The van der Waals surface area contributed by atoms with Crippen LogP contribution in [-0.4, -0.2) is 32.6 Å². The number of hydrogen-bond donors (Lipinski definition) is 0. The second-order valence-corrected chi connectivity index (χ2v) is 6.27. The van der Waals surface area contributed by atoms with Crippen molar-refractivity contribution in [3.63, 3.8) is 0 Å². The molecule has 146 valence electrons. The zero-order chi connectivity index (χ0) is 20.1. The van der Waals surface area contributed by atoms with Crippen LogP contribution < -0.4 is 10.4 Å².